The van der Waals surface area contributed by atoms with E-state index in [9.17, 15) is 32.7 Å². The van der Waals surface area contributed by atoms with Crippen LogP contribution >= 0.6 is 33.9 Å². The predicted octanol–water partition coefficient (Wildman–Crippen LogP) is 8.95. The third kappa shape index (κ3) is 13.7. The van der Waals surface area contributed by atoms with Crippen LogP contribution in [0.25, 0.3) is 10.4 Å². The van der Waals surface area contributed by atoms with E-state index in [4.69, 9.17) is 4.84 Å². The fourth-order valence-electron chi connectivity index (χ4n) is 7.26. The molecule has 3 aromatic carbocycles. The molecule has 3 amide bonds. The first-order valence-corrected chi connectivity index (χ1v) is 22.7. The van der Waals surface area contributed by atoms with Gasteiger partial charge in [0.05, 0.1) is 51.8 Å². The Hall–Kier alpha value is -4.10. The number of nitrogens with one attached hydrogen (secondary N) is 4. The number of thiazole rings is 1. The number of anilines is 2. The van der Waals surface area contributed by atoms with Crippen LogP contribution in [0.1, 0.15) is 100 Å². The third-order valence-corrected chi connectivity index (χ3v) is 12.3. The van der Waals surface area contributed by atoms with E-state index in [1.165, 1.54) is 17.0 Å². The first kappa shape index (κ1) is 47.9. The normalized spacial score (nSPS) is 15.8. The van der Waals surface area contributed by atoms with E-state index in [1.54, 1.807) is 17.4 Å². The van der Waals surface area contributed by atoms with Gasteiger partial charge in [-0.15, -0.1) is 11.3 Å². The average Bonchev–Trinajstić information content (AvgIpc) is 3.84. The van der Waals surface area contributed by atoms with Gasteiger partial charge in [-0.3, -0.25) is 19.2 Å². The van der Waals surface area contributed by atoms with Gasteiger partial charge < -0.3 is 26.0 Å². The van der Waals surface area contributed by atoms with Crippen molar-refractivity contribution < 1.29 is 37.5 Å². The molecule has 0 bridgehead atoms. The SMILES string of the molecule is Cc1ncsc1-c1ccc(CNC(=O)[C@@H]2C[C@@H](O)CN2C(=O)[C@@H](NCCCCCCCCCCONC(=O)c2ccc(F)c(F)c2Nc2ccc(I)cc2F)C(C)(C)C)cc1. The molecule has 0 aliphatic carbocycles. The van der Waals surface area contributed by atoms with Crippen LogP contribution in [-0.4, -0.2) is 70.6 Å². The number of aliphatic hydroxyl groups excluding tert-OH is 1. The molecule has 0 unspecified atom stereocenters. The highest BCUT2D eigenvalue weighted by Crippen LogP contribution is 2.30. The van der Waals surface area contributed by atoms with E-state index in [0.29, 0.717) is 23.1 Å². The quantitative estimate of drug-likeness (QED) is 0.0317. The summed E-state index contributed by atoms with van der Waals surface area (Å²) in [7, 11) is 0. The van der Waals surface area contributed by atoms with E-state index in [0.717, 1.165) is 78.8 Å². The number of hydroxylamine groups is 1. The van der Waals surface area contributed by atoms with Crippen molar-refractivity contribution in [3.8, 4) is 10.4 Å². The number of aromatic nitrogens is 1. The predicted molar refractivity (Wildman–Crippen MR) is 241 cm³/mol. The van der Waals surface area contributed by atoms with Gasteiger partial charge in [0.25, 0.3) is 5.91 Å². The number of hydrogen-bond donors (Lipinski definition) is 5. The number of unbranched alkanes of at least 4 members (excludes halogenated alkanes) is 7. The summed E-state index contributed by atoms with van der Waals surface area (Å²) >= 11 is 3.51. The van der Waals surface area contributed by atoms with Crippen molar-refractivity contribution in [1.82, 2.24) is 26.0 Å². The van der Waals surface area contributed by atoms with E-state index in [-0.39, 0.29) is 42.6 Å². The number of carbonyl (C=O) groups is 3. The lowest BCUT2D eigenvalue weighted by atomic mass is 9.85. The minimum atomic E-state index is -1.31. The highest BCUT2D eigenvalue weighted by Gasteiger charge is 2.43. The number of carbonyl (C=O) groups excluding carboxylic acids is 3. The van der Waals surface area contributed by atoms with Gasteiger partial charge in [-0.2, -0.15) is 0 Å². The molecule has 5 rings (SSSR count). The Bertz CT molecular complexity index is 2100. The molecule has 3 atom stereocenters. The van der Waals surface area contributed by atoms with Crippen molar-refractivity contribution in [1.29, 1.82) is 0 Å². The molecule has 5 N–H and O–H groups in total. The van der Waals surface area contributed by atoms with Crippen molar-refractivity contribution in [3.63, 3.8) is 0 Å². The third-order valence-electron chi connectivity index (χ3n) is 10.6. The Kier molecular flexibility index (Phi) is 17.9. The summed E-state index contributed by atoms with van der Waals surface area (Å²) in [6.45, 7) is 9.27. The Morgan fingerprint density at radius 2 is 1.64 bits per heavy atom. The van der Waals surface area contributed by atoms with Gasteiger partial charge in [0.1, 0.15) is 11.9 Å². The van der Waals surface area contributed by atoms with Crippen molar-refractivity contribution >= 4 is 63.0 Å². The van der Waals surface area contributed by atoms with Crippen LogP contribution in [0.15, 0.2) is 60.1 Å². The van der Waals surface area contributed by atoms with E-state index < -0.39 is 52.6 Å². The van der Waals surface area contributed by atoms with Gasteiger partial charge >= 0.3 is 0 Å². The van der Waals surface area contributed by atoms with E-state index >= 15 is 0 Å². The largest absolute Gasteiger partial charge is 0.391 e. The molecule has 1 fully saturated rings. The number of benzene rings is 3. The first-order valence-electron chi connectivity index (χ1n) is 20.7. The molecular formula is C45H56F3IN6O5S. The molecule has 61 heavy (non-hydrogen) atoms. The molecule has 1 saturated heterocycles. The second-order valence-electron chi connectivity index (χ2n) is 16.5. The van der Waals surface area contributed by atoms with Crippen molar-refractivity contribution in [3.05, 3.63) is 98.0 Å². The zero-order valence-corrected chi connectivity index (χ0v) is 38.1. The summed E-state index contributed by atoms with van der Waals surface area (Å²) in [4.78, 5) is 52.4. The maximum atomic E-state index is 14.7. The molecule has 0 radical (unpaired) electrons. The standard InChI is InChI=1S/C45H56F3IN6O5S/c1-28-40(61-27-52-28)30-15-13-29(14-16-30)25-51-43(58)37-24-32(56)26-55(37)44(59)41(45(2,3)4)50-21-11-9-7-5-6-8-10-12-22-60-54-42(57)33-18-19-34(46)38(48)39(33)53-36-20-17-31(49)23-35(36)47/h13-20,23,27,32,37,41,50,53,56H,5-12,21-22,24-26H2,1-4H3,(H,51,58)(H,54,57)/t32-,37+,41-/m1/s1. The molecule has 1 aliphatic rings. The van der Waals surface area contributed by atoms with Gasteiger partial charge in [0.15, 0.2) is 11.6 Å². The topological polar surface area (TPSA) is 145 Å². The number of amides is 3. The smallest absolute Gasteiger partial charge is 0.277 e. The summed E-state index contributed by atoms with van der Waals surface area (Å²) in [5.74, 6) is -4.42. The number of rotatable bonds is 21. The minimum absolute atomic E-state index is 0.104. The zero-order valence-electron chi connectivity index (χ0n) is 35.1. The summed E-state index contributed by atoms with van der Waals surface area (Å²) in [6.07, 6.45) is 6.94. The summed E-state index contributed by atoms with van der Waals surface area (Å²) < 4.78 is 43.7. The van der Waals surface area contributed by atoms with Crippen LogP contribution in [0, 0.1) is 33.4 Å². The second kappa shape index (κ2) is 22.8. The number of likely N-dealkylation sites (tertiary alicyclic amines) is 1. The number of aliphatic hydroxyl groups is 1. The molecule has 4 aromatic rings. The van der Waals surface area contributed by atoms with E-state index in [1.807, 2.05) is 80.1 Å². The van der Waals surface area contributed by atoms with Gasteiger partial charge in [-0.1, -0.05) is 83.6 Å². The lowest BCUT2D eigenvalue weighted by molar-refractivity contribution is -0.142. The average molecular weight is 977 g/mol. The molecule has 0 saturated carbocycles. The lowest BCUT2D eigenvalue weighted by Crippen LogP contribution is -2.56. The fourth-order valence-corrected chi connectivity index (χ4v) is 8.53. The van der Waals surface area contributed by atoms with Crippen LogP contribution in [0.3, 0.4) is 0 Å². The van der Waals surface area contributed by atoms with Gasteiger partial charge in [-0.05, 0) is 95.8 Å². The molecule has 330 valence electrons. The number of hydrogen-bond acceptors (Lipinski definition) is 9. The molecule has 1 aliphatic heterocycles. The number of aryl methyl sites for hydroxylation is 1. The summed E-state index contributed by atoms with van der Waals surface area (Å²) in [5, 5.41) is 19.5. The van der Waals surface area contributed by atoms with Gasteiger partial charge in [0.2, 0.25) is 11.8 Å². The molecule has 0 spiro atoms. The molecular weight excluding hydrogens is 920 g/mol. The Balaban J connectivity index is 0.959. The van der Waals surface area contributed by atoms with Crippen molar-refractivity contribution in [2.45, 2.75) is 110 Å². The van der Waals surface area contributed by atoms with Crippen LogP contribution in [0.4, 0.5) is 24.5 Å². The van der Waals surface area contributed by atoms with Gasteiger partial charge in [0, 0.05) is 23.1 Å². The van der Waals surface area contributed by atoms with E-state index in [2.05, 4.69) is 26.4 Å². The summed E-state index contributed by atoms with van der Waals surface area (Å²) in [5.41, 5.74) is 5.83. The Morgan fingerprint density at radius 1 is 0.951 bits per heavy atom. The summed E-state index contributed by atoms with van der Waals surface area (Å²) in [6, 6.07) is 12.8. The van der Waals surface area contributed by atoms with Crippen molar-refractivity contribution in [2.24, 2.45) is 5.41 Å². The zero-order chi connectivity index (χ0) is 44.1. The van der Waals surface area contributed by atoms with Gasteiger partial charge in [-0.25, -0.2) is 23.6 Å². The minimum Gasteiger partial charge on any atom is -0.391 e. The molecule has 11 nitrogen and oxygen atoms in total. The van der Waals surface area contributed by atoms with Crippen molar-refractivity contribution in [2.75, 3.05) is 25.0 Å². The maximum absolute atomic E-state index is 14.7. The molecule has 16 heteroatoms. The molecule has 2 heterocycles. The highest BCUT2D eigenvalue weighted by atomic mass is 127. The first-order chi connectivity index (χ1) is 29.1. The number of β-amino-alcohol motifs (C(OH)–C–C–N with tert-alkyl or cyclic N) is 1. The maximum Gasteiger partial charge on any atom is 0.277 e. The van der Waals surface area contributed by atoms with Crippen LogP contribution in [0.2, 0.25) is 0 Å². The molecule has 1 aromatic heterocycles. The number of nitrogens with zero attached hydrogens (tertiary/aromatic N) is 2. The number of halogens is 4. The van der Waals surface area contributed by atoms with Crippen LogP contribution in [0.5, 0.6) is 0 Å². The van der Waals surface area contributed by atoms with Crippen LogP contribution < -0.4 is 21.4 Å². The Morgan fingerprint density at radius 3 is 2.30 bits per heavy atom. The Labute approximate surface area is 373 Å². The van der Waals surface area contributed by atoms with Crippen LogP contribution in [-0.2, 0) is 21.0 Å². The second-order valence-corrected chi connectivity index (χ2v) is 18.6. The lowest BCUT2D eigenvalue weighted by Gasteiger charge is -2.35. The fraction of sp³-hybridized carbons (Fsp3) is 0.467. The monoisotopic (exact) mass is 976 g/mol. The highest BCUT2D eigenvalue weighted by molar-refractivity contribution is 14.1.